The van der Waals surface area contributed by atoms with E-state index in [1.165, 1.54) is 0 Å². The van der Waals surface area contributed by atoms with Gasteiger partial charge in [0.05, 0.1) is 7.11 Å². The van der Waals surface area contributed by atoms with E-state index in [0.717, 1.165) is 14.2 Å². The quantitative estimate of drug-likeness (QED) is 0.0553. The van der Waals surface area contributed by atoms with Crippen molar-refractivity contribution in [2.45, 2.75) is 63.8 Å². The van der Waals surface area contributed by atoms with Gasteiger partial charge in [0.25, 0.3) is 0 Å². The molecule has 0 amide bonds. The number of rotatable bonds is 3. The van der Waals surface area contributed by atoms with Crippen molar-refractivity contribution in [2.75, 3.05) is 20.1 Å². The van der Waals surface area contributed by atoms with Crippen molar-refractivity contribution in [2.24, 2.45) is 0 Å². The van der Waals surface area contributed by atoms with Crippen LogP contribution in [0.2, 0.25) is 0 Å². The topological polar surface area (TPSA) is 88.4 Å². The molecule has 0 spiro atoms. The maximum absolute atomic E-state index is 11.0. The van der Waals surface area contributed by atoms with E-state index in [9.17, 15) is 13.2 Å². The van der Waals surface area contributed by atoms with Crippen LogP contribution in [0.3, 0.4) is 0 Å². The van der Waals surface area contributed by atoms with Crippen LogP contribution in [0.25, 0.3) is 0 Å². The number of aliphatic hydroxyl groups excluding tert-OH is 1. The molecule has 0 saturated carbocycles. The van der Waals surface area contributed by atoms with E-state index < -0.39 is 6.36 Å². The maximum Gasteiger partial charge on any atom is 0.550 e. The van der Waals surface area contributed by atoms with Gasteiger partial charge in [-0.2, -0.15) is 0 Å². The van der Waals surface area contributed by atoms with Crippen LogP contribution < -0.4 is 0 Å². The van der Waals surface area contributed by atoms with Crippen molar-refractivity contribution in [1.29, 1.82) is 0 Å². The van der Waals surface area contributed by atoms with Crippen LogP contribution in [0, 0.1) is 22.3 Å². The van der Waals surface area contributed by atoms with Crippen molar-refractivity contribution in [3.05, 3.63) is 22.3 Å². The second kappa shape index (κ2) is 159. The molecule has 0 rings (SSSR count). The summed E-state index contributed by atoms with van der Waals surface area (Å²) < 4.78 is 40.3. The average molecular weight is 861 g/mol. The summed E-state index contributed by atoms with van der Waals surface area (Å²) in [7, 11) is 2.14. The first-order chi connectivity index (χ1) is 9.47. The molecule has 0 aliphatic heterocycles. The maximum atomic E-state index is 11.0. The molecule has 5 radical (unpaired) electrons. The molecule has 16 heteroatoms. The molecule has 0 aliphatic rings. The standard InChI is InChI=1S/C2H3F3O3S.2C2H6.CH3Br.CH4O.4CH4.3CH3.BH2O2.4Y/c1-6-9-8-7-2(3,4)5;4*1-2;;;;;;;;2-1-3;;;;/h1H3;2*1-2H3;1H3;2H,1H3;4*1H4;3*1H3;2-3H;;;;/q;;;;;;;;;3*-1;;;;;. The summed E-state index contributed by atoms with van der Waals surface area (Å²) in [6.45, 7) is 8.00. The Bertz CT molecular complexity index is 133. The summed E-state index contributed by atoms with van der Waals surface area (Å²) in [6, 6.07) is 0. The van der Waals surface area contributed by atoms with Crippen molar-refractivity contribution in [1.82, 2.24) is 0 Å². The first-order valence-electron chi connectivity index (χ1n) is 5.02. The van der Waals surface area contributed by atoms with Crippen LogP contribution >= 0.6 is 28.3 Å². The van der Waals surface area contributed by atoms with E-state index in [0.29, 0.717) is 0 Å². The Morgan fingerprint density at radius 3 is 1.00 bits per heavy atom. The van der Waals surface area contributed by atoms with E-state index in [1.807, 2.05) is 33.5 Å². The molecule has 197 valence electrons. The second-order valence-corrected chi connectivity index (χ2v) is 1.55. The van der Waals surface area contributed by atoms with Crippen LogP contribution in [-0.4, -0.2) is 49.3 Å². The van der Waals surface area contributed by atoms with Gasteiger partial charge in [-0.05, 0) is 5.83 Å². The zero-order valence-electron chi connectivity index (χ0n) is 17.9. The van der Waals surface area contributed by atoms with Crippen molar-refractivity contribution in [3.8, 4) is 0 Å². The smallest absolute Gasteiger partial charge is 0.429 e. The number of alkyl halides is 4. The fourth-order valence-corrected chi connectivity index (χ4v) is 0.241. The molecule has 3 N–H and O–H groups in total. The minimum absolute atomic E-state index is 0. The fourth-order valence-electron chi connectivity index (χ4n) is 0.0802. The molecule has 0 bridgehead atoms. The summed E-state index contributed by atoms with van der Waals surface area (Å²) in [5.41, 5.74) is 0. The third-order valence-electron chi connectivity index (χ3n) is 0.224. The molecule has 6 nitrogen and oxygen atoms in total. The zero-order valence-corrected chi connectivity index (χ0v) is 31.6. The molecule has 0 aromatic carbocycles. The normalized spacial score (nSPS) is 4.71. The molecule has 0 unspecified atom stereocenters. The third kappa shape index (κ3) is 319. The molecule has 31 heavy (non-hydrogen) atoms. The number of hydrogen-bond acceptors (Lipinski definition) is 7. The monoisotopic (exact) mass is 860 g/mol. The Morgan fingerprint density at radius 2 is 0.903 bits per heavy atom. The summed E-state index contributed by atoms with van der Waals surface area (Å²) in [6.07, 6.45) is -4.77. The molecule has 0 aliphatic carbocycles. The summed E-state index contributed by atoms with van der Waals surface area (Å²) >= 11 is 3.03. The largest absolute Gasteiger partial charge is 0.550 e. The Balaban J connectivity index is -0.00000000535. The van der Waals surface area contributed by atoms with Gasteiger partial charge in [-0.1, -0.05) is 73.3 Å². The molecule has 0 heterocycles. The first kappa shape index (κ1) is 123. The van der Waals surface area contributed by atoms with E-state index in [4.69, 9.17) is 15.2 Å². The zero-order chi connectivity index (χ0) is 18.0. The Labute approximate surface area is 309 Å². The minimum atomic E-state index is -4.77. The van der Waals surface area contributed by atoms with Gasteiger partial charge in [-0.3, -0.25) is 4.18 Å². The van der Waals surface area contributed by atoms with Crippen LogP contribution in [0.5, 0.6) is 0 Å². The number of aliphatic hydroxyl groups is 1. The SMILES string of the molecule is C.C.C.C.CBr.CC.CC.CO.COSOOC(F)(F)F.O[B]O.[CH3-].[CH3-].[CH3-].[Y].[Y].[Y].[Y]. The number of hydrogen-bond donors (Lipinski definition) is 3. The third-order valence-corrected chi connectivity index (χ3v) is 0.484. The molecular weight excluding hydrogens is 812 g/mol. The van der Waals surface area contributed by atoms with Crippen LogP contribution in [-0.2, 0) is 144 Å². The van der Waals surface area contributed by atoms with Crippen LogP contribution in [0.4, 0.5) is 13.2 Å². The fraction of sp³-hybridized carbons (Fsp3) is 0.800. The minimum Gasteiger partial charge on any atom is -0.429 e. The Morgan fingerprint density at radius 1 is 0.742 bits per heavy atom. The summed E-state index contributed by atoms with van der Waals surface area (Å²) in [4.78, 5) is 2.81. The summed E-state index contributed by atoms with van der Waals surface area (Å²) in [5.74, 6) is 1.81. The number of halogens is 4. The molecule has 0 atom stereocenters. The van der Waals surface area contributed by atoms with Gasteiger partial charge < -0.3 is 37.4 Å². The van der Waals surface area contributed by atoms with Crippen molar-refractivity contribution < 1.29 is 173 Å². The molecule has 0 aromatic rings. The molecule has 0 saturated heterocycles. The first-order valence-corrected chi connectivity index (χ1v) is 7.27. The van der Waals surface area contributed by atoms with Gasteiger partial charge in [0.15, 0.2) is 12.3 Å². The van der Waals surface area contributed by atoms with Crippen molar-refractivity contribution in [3.63, 3.8) is 0 Å². The molecule has 0 fully saturated rings. The molecule has 0 aromatic heterocycles. The van der Waals surface area contributed by atoms with E-state index >= 15 is 0 Å². The van der Waals surface area contributed by atoms with Crippen LogP contribution in [0.15, 0.2) is 0 Å². The van der Waals surface area contributed by atoms with Gasteiger partial charge in [0, 0.05) is 138 Å². The van der Waals surface area contributed by atoms with Gasteiger partial charge >= 0.3 is 14.0 Å². The Hall–Kier alpha value is 4.86. The van der Waals surface area contributed by atoms with Gasteiger partial charge in [0.1, 0.15) is 0 Å². The van der Waals surface area contributed by atoms with E-state index in [-0.39, 0.29) is 203 Å². The van der Waals surface area contributed by atoms with E-state index in [1.54, 1.807) is 0 Å². The molecular formula is C15H49BBrF3O6SY4-3. The van der Waals surface area contributed by atoms with Gasteiger partial charge in [-0.15, -0.1) is 22.4 Å². The van der Waals surface area contributed by atoms with Gasteiger partial charge in [-0.25, -0.2) is 0 Å². The summed E-state index contributed by atoms with van der Waals surface area (Å²) in [5, 5.41) is 21.0. The average Bonchev–Trinajstić information content (AvgIpc) is 2.47. The predicted octanol–water partition coefficient (Wildman–Crippen LogP) is 6.73. The van der Waals surface area contributed by atoms with Crippen LogP contribution in [0.1, 0.15) is 57.4 Å². The van der Waals surface area contributed by atoms with Gasteiger partial charge in [0.2, 0.25) is 0 Å². The van der Waals surface area contributed by atoms with Crippen molar-refractivity contribution >= 4 is 35.9 Å². The predicted molar refractivity (Wildman–Crippen MR) is 125 cm³/mol. The Kier molecular flexibility index (Phi) is 628. The van der Waals surface area contributed by atoms with E-state index in [2.05, 4.69) is 29.3 Å². The second-order valence-electron chi connectivity index (χ2n) is 0.947.